The molecule has 1 atom stereocenters. The predicted octanol–water partition coefficient (Wildman–Crippen LogP) is 5.32. The van der Waals surface area contributed by atoms with Gasteiger partial charge in [0.2, 0.25) is 0 Å². The van der Waals surface area contributed by atoms with Crippen molar-refractivity contribution in [2.75, 3.05) is 7.05 Å². The molecule has 21 heavy (non-hydrogen) atoms. The highest BCUT2D eigenvalue weighted by atomic mass is 79.9. The number of hydrogen-bond acceptors (Lipinski definition) is 3. The maximum atomic E-state index is 4.68. The summed E-state index contributed by atoms with van der Waals surface area (Å²) >= 11 is 12.6. The summed E-state index contributed by atoms with van der Waals surface area (Å²) in [5.41, 5.74) is 2.39. The van der Waals surface area contributed by atoms with Crippen molar-refractivity contribution in [3.8, 4) is 0 Å². The standard InChI is InChI=1S/C14H18Br3N3S/c1-4-9-13(16)11(20(5-2)19-9)7-10(18-3)12-6-8(15)14(17)21-12/h6,10,18H,4-5,7H2,1-3H3. The summed E-state index contributed by atoms with van der Waals surface area (Å²) in [5, 5.41) is 8.10. The fraction of sp³-hybridized carbons (Fsp3) is 0.500. The molecule has 2 heterocycles. The van der Waals surface area contributed by atoms with Gasteiger partial charge in [-0.3, -0.25) is 4.68 Å². The zero-order valence-electron chi connectivity index (χ0n) is 12.2. The van der Waals surface area contributed by atoms with E-state index in [0.29, 0.717) is 0 Å². The van der Waals surface area contributed by atoms with E-state index < -0.39 is 0 Å². The van der Waals surface area contributed by atoms with Crippen LogP contribution in [0, 0.1) is 0 Å². The van der Waals surface area contributed by atoms with Crippen LogP contribution in [0.25, 0.3) is 0 Å². The van der Waals surface area contributed by atoms with Crippen molar-refractivity contribution < 1.29 is 0 Å². The Hall–Kier alpha value is 0.310. The SMILES string of the molecule is CCc1nn(CC)c(CC(NC)c2cc(Br)c(Br)s2)c1Br. The van der Waals surface area contributed by atoms with Crippen LogP contribution in [0.3, 0.4) is 0 Å². The van der Waals surface area contributed by atoms with Crippen LogP contribution < -0.4 is 5.32 Å². The Morgan fingerprint density at radius 3 is 2.52 bits per heavy atom. The number of aryl methyl sites for hydroxylation is 2. The Balaban J connectivity index is 2.32. The number of likely N-dealkylation sites (N-methyl/N-ethyl adjacent to an activating group) is 1. The van der Waals surface area contributed by atoms with Crippen molar-refractivity contribution in [1.29, 1.82) is 0 Å². The lowest BCUT2D eigenvalue weighted by atomic mass is 10.1. The molecule has 7 heteroatoms. The molecule has 0 aliphatic carbocycles. The molecule has 1 N–H and O–H groups in total. The van der Waals surface area contributed by atoms with Crippen molar-refractivity contribution in [1.82, 2.24) is 15.1 Å². The molecule has 2 aromatic heterocycles. The number of thiophene rings is 1. The summed E-state index contributed by atoms with van der Waals surface area (Å²) in [4.78, 5) is 1.31. The zero-order chi connectivity index (χ0) is 15.6. The van der Waals surface area contributed by atoms with Crippen molar-refractivity contribution in [2.24, 2.45) is 0 Å². The topological polar surface area (TPSA) is 29.9 Å². The first-order valence-electron chi connectivity index (χ1n) is 6.87. The Morgan fingerprint density at radius 2 is 2.05 bits per heavy atom. The third-order valence-electron chi connectivity index (χ3n) is 3.45. The van der Waals surface area contributed by atoms with Gasteiger partial charge in [0.25, 0.3) is 0 Å². The van der Waals surface area contributed by atoms with Gasteiger partial charge in [-0.05, 0) is 74.2 Å². The zero-order valence-corrected chi connectivity index (χ0v) is 17.8. The van der Waals surface area contributed by atoms with Crippen molar-refractivity contribution in [3.63, 3.8) is 0 Å². The average molecular weight is 500 g/mol. The Labute approximate surface area is 154 Å². The smallest absolute Gasteiger partial charge is 0.0843 e. The third kappa shape index (κ3) is 3.80. The number of rotatable bonds is 6. The largest absolute Gasteiger partial charge is 0.312 e. The molecule has 2 rings (SSSR count). The van der Waals surface area contributed by atoms with E-state index in [1.54, 1.807) is 11.3 Å². The van der Waals surface area contributed by atoms with Crippen LogP contribution in [0.2, 0.25) is 0 Å². The van der Waals surface area contributed by atoms with Gasteiger partial charge in [-0.1, -0.05) is 6.92 Å². The van der Waals surface area contributed by atoms with Gasteiger partial charge in [0.15, 0.2) is 0 Å². The van der Waals surface area contributed by atoms with E-state index in [1.165, 1.54) is 10.6 Å². The van der Waals surface area contributed by atoms with Gasteiger partial charge in [0.05, 0.1) is 19.6 Å². The summed E-state index contributed by atoms with van der Waals surface area (Å²) < 4.78 is 5.50. The van der Waals surface area contributed by atoms with Crippen LogP contribution in [0.5, 0.6) is 0 Å². The second kappa shape index (κ2) is 7.73. The van der Waals surface area contributed by atoms with Crippen LogP contribution in [0.1, 0.15) is 36.2 Å². The molecule has 0 aliphatic rings. The fourth-order valence-electron chi connectivity index (χ4n) is 2.29. The van der Waals surface area contributed by atoms with E-state index in [2.05, 4.69) is 82.8 Å². The molecule has 0 aromatic carbocycles. The minimum Gasteiger partial charge on any atom is -0.312 e. The lowest BCUT2D eigenvalue weighted by Gasteiger charge is -2.15. The summed E-state index contributed by atoms with van der Waals surface area (Å²) in [6.07, 6.45) is 1.86. The first-order valence-corrected chi connectivity index (χ1v) is 10.1. The molecule has 116 valence electrons. The lowest BCUT2D eigenvalue weighted by molar-refractivity contribution is 0.545. The average Bonchev–Trinajstić information content (AvgIpc) is 2.96. The monoisotopic (exact) mass is 497 g/mol. The van der Waals surface area contributed by atoms with Crippen LogP contribution in [-0.2, 0) is 19.4 Å². The molecule has 2 aromatic rings. The molecule has 0 spiro atoms. The fourth-order valence-corrected chi connectivity index (χ4v) is 5.21. The minimum absolute atomic E-state index is 0.278. The summed E-state index contributed by atoms with van der Waals surface area (Å²) in [7, 11) is 2.01. The number of halogens is 3. The Bertz CT molecular complexity index is 602. The number of nitrogens with zero attached hydrogens (tertiary/aromatic N) is 2. The molecular weight excluding hydrogens is 482 g/mol. The van der Waals surface area contributed by atoms with E-state index in [4.69, 9.17) is 0 Å². The highest BCUT2D eigenvalue weighted by Gasteiger charge is 2.20. The van der Waals surface area contributed by atoms with Crippen LogP contribution >= 0.6 is 59.1 Å². The maximum Gasteiger partial charge on any atom is 0.0843 e. The second-order valence-electron chi connectivity index (χ2n) is 4.69. The lowest BCUT2D eigenvalue weighted by Crippen LogP contribution is -2.19. The van der Waals surface area contributed by atoms with Crippen molar-refractivity contribution in [2.45, 2.75) is 39.3 Å². The number of nitrogens with one attached hydrogen (secondary N) is 1. The quantitative estimate of drug-likeness (QED) is 0.583. The maximum absolute atomic E-state index is 4.68. The van der Waals surface area contributed by atoms with E-state index >= 15 is 0 Å². The van der Waals surface area contributed by atoms with Crippen molar-refractivity contribution >= 4 is 59.1 Å². The summed E-state index contributed by atoms with van der Waals surface area (Å²) in [5.74, 6) is 0. The van der Waals surface area contributed by atoms with Gasteiger partial charge in [-0.15, -0.1) is 11.3 Å². The summed E-state index contributed by atoms with van der Waals surface area (Å²) in [6.45, 7) is 5.16. The van der Waals surface area contributed by atoms with Crippen LogP contribution in [0.4, 0.5) is 0 Å². The molecule has 0 saturated heterocycles. The van der Waals surface area contributed by atoms with Gasteiger partial charge in [-0.2, -0.15) is 5.10 Å². The van der Waals surface area contributed by atoms with Gasteiger partial charge < -0.3 is 5.32 Å². The highest BCUT2D eigenvalue weighted by Crippen LogP contribution is 2.37. The van der Waals surface area contributed by atoms with Gasteiger partial charge in [-0.25, -0.2) is 0 Å². The van der Waals surface area contributed by atoms with E-state index in [0.717, 1.165) is 37.8 Å². The minimum atomic E-state index is 0.278. The number of aromatic nitrogens is 2. The molecule has 0 saturated carbocycles. The predicted molar refractivity (Wildman–Crippen MR) is 100 cm³/mol. The molecule has 0 amide bonds. The Kier molecular flexibility index (Phi) is 6.50. The van der Waals surface area contributed by atoms with E-state index in [9.17, 15) is 0 Å². The second-order valence-corrected chi connectivity index (χ2v) is 8.74. The normalized spacial score (nSPS) is 12.9. The molecule has 0 fully saturated rings. The summed E-state index contributed by atoms with van der Waals surface area (Å²) in [6, 6.07) is 2.46. The molecule has 0 bridgehead atoms. The van der Waals surface area contributed by atoms with Crippen LogP contribution in [0.15, 0.2) is 18.8 Å². The first-order chi connectivity index (χ1) is 10.0. The third-order valence-corrected chi connectivity index (χ3v) is 7.73. The molecule has 0 radical (unpaired) electrons. The molecule has 0 aliphatic heterocycles. The van der Waals surface area contributed by atoms with E-state index in [-0.39, 0.29) is 6.04 Å². The van der Waals surface area contributed by atoms with Gasteiger partial charge in [0.1, 0.15) is 0 Å². The van der Waals surface area contributed by atoms with Crippen molar-refractivity contribution in [3.05, 3.63) is 35.1 Å². The molecular formula is C14H18Br3N3S. The van der Waals surface area contributed by atoms with Crippen LogP contribution in [-0.4, -0.2) is 16.8 Å². The number of hydrogen-bond donors (Lipinski definition) is 1. The Morgan fingerprint density at radius 1 is 1.33 bits per heavy atom. The molecule has 1 unspecified atom stereocenters. The first kappa shape index (κ1) is 17.7. The molecule has 3 nitrogen and oxygen atoms in total. The van der Waals surface area contributed by atoms with E-state index in [1.807, 2.05) is 7.05 Å². The highest BCUT2D eigenvalue weighted by molar-refractivity contribution is 9.13. The van der Waals surface area contributed by atoms with Gasteiger partial charge in [0, 0.05) is 28.4 Å². The van der Waals surface area contributed by atoms with Gasteiger partial charge >= 0.3 is 0 Å².